The molecule has 174 valence electrons. The van der Waals surface area contributed by atoms with Gasteiger partial charge in [0.25, 0.3) is 11.7 Å². The van der Waals surface area contributed by atoms with Crippen LogP contribution in [0.4, 0.5) is 4.39 Å². The van der Waals surface area contributed by atoms with Crippen molar-refractivity contribution in [3.63, 3.8) is 0 Å². The zero-order valence-electron chi connectivity index (χ0n) is 18.8. The van der Waals surface area contributed by atoms with Crippen LogP contribution in [0.2, 0.25) is 0 Å². The van der Waals surface area contributed by atoms with Gasteiger partial charge in [-0.25, -0.2) is 4.39 Å². The van der Waals surface area contributed by atoms with Crippen molar-refractivity contribution in [1.82, 2.24) is 4.90 Å². The predicted molar refractivity (Wildman–Crippen MR) is 125 cm³/mol. The second kappa shape index (κ2) is 9.79. The highest BCUT2D eigenvalue weighted by atomic mass is 19.1. The summed E-state index contributed by atoms with van der Waals surface area (Å²) in [4.78, 5) is 27.7. The Morgan fingerprint density at radius 2 is 1.62 bits per heavy atom. The van der Waals surface area contributed by atoms with Gasteiger partial charge in [-0.3, -0.25) is 9.59 Å². The molecule has 7 heteroatoms. The van der Waals surface area contributed by atoms with E-state index in [1.165, 1.54) is 36.3 Å². The van der Waals surface area contributed by atoms with E-state index in [0.29, 0.717) is 17.7 Å². The van der Waals surface area contributed by atoms with Crippen molar-refractivity contribution >= 4 is 17.4 Å². The lowest BCUT2D eigenvalue weighted by molar-refractivity contribution is -0.139. The molecule has 0 radical (unpaired) electrons. The minimum Gasteiger partial charge on any atom is -0.507 e. The maximum absolute atomic E-state index is 13.4. The lowest BCUT2D eigenvalue weighted by Gasteiger charge is -2.26. The molecule has 0 spiro atoms. The molecule has 1 unspecified atom stereocenters. The number of nitrogens with zero attached hydrogens (tertiary/aromatic N) is 1. The number of amides is 1. The molecule has 3 aromatic rings. The third kappa shape index (κ3) is 4.37. The zero-order valence-corrected chi connectivity index (χ0v) is 18.8. The van der Waals surface area contributed by atoms with Crippen molar-refractivity contribution in [2.75, 3.05) is 20.8 Å². The normalized spacial score (nSPS) is 17.1. The fourth-order valence-corrected chi connectivity index (χ4v) is 4.13. The molecule has 1 amide bonds. The first kappa shape index (κ1) is 23.0. The van der Waals surface area contributed by atoms with Crippen LogP contribution in [0.1, 0.15) is 22.7 Å². The summed E-state index contributed by atoms with van der Waals surface area (Å²) < 4.78 is 24.1. The summed E-state index contributed by atoms with van der Waals surface area (Å²) in [7, 11) is 3.09. The number of para-hydroxylation sites is 1. The lowest BCUT2D eigenvalue weighted by atomic mass is 9.94. The van der Waals surface area contributed by atoms with E-state index in [-0.39, 0.29) is 23.4 Å². The number of aliphatic hydroxyl groups is 1. The number of benzene rings is 3. The average molecular weight is 461 g/mol. The van der Waals surface area contributed by atoms with Gasteiger partial charge in [-0.05, 0) is 54.4 Å². The SMILES string of the molecule is COc1ccc(CCN2C(=O)C(=O)/C(=C(\O)c3ccc(F)cc3)C2c2ccccc2OC)cc1. The molecule has 0 bridgehead atoms. The van der Waals surface area contributed by atoms with E-state index in [1.807, 2.05) is 24.3 Å². The van der Waals surface area contributed by atoms with Gasteiger partial charge < -0.3 is 19.5 Å². The van der Waals surface area contributed by atoms with Crippen molar-refractivity contribution in [1.29, 1.82) is 0 Å². The number of carbonyl (C=O) groups excluding carboxylic acids is 2. The first-order valence-corrected chi connectivity index (χ1v) is 10.7. The average Bonchev–Trinajstić information content (AvgIpc) is 3.12. The number of hydrogen-bond acceptors (Lipinski definition) is 5. The van der Waals surface area contributed by atoms with E-state index in [1.54, 1.807) is 31.4 Å². The summed E-state index contributed by atoms with van der Waals surface area (Å²) in [6.45, 7) is 0.236. The van der Waals surface area contributed by atoms with Gasteiger partial charge in [0.15, 0.2) is 0 Å². The highest BCUT2D eigenvalue weighted by Crippen LogP contribution is 2.42. The van der Waals surface area contributed by atoms with Crippen molar-refractivity contribution in [3.05, 3.63) is 101 Å². The monoisotopic (exact) mass is 461 g/mol. The van der Waals surface area contributed by atoms with Gasteiger partial charge in [0.2, 0.25) is 0 Å². The zero-order chi connectivity index (χ0) is 24.2. The van der Waals surface area contributed by atoms with Gasteiger partial charge in [0, 0.05) is 17.7 Å². The molecule has 34 heavy (non-hydrogen) atoms. The highest BCUT2D eigenvalue weighted by molar-refractivity contribution is 6.46. The molecule has 6 nitrogen and oxygen atoms in total. The number of ketones is 1. The fourth-order valence-electron chi connectivity index (χ4n) is 4.13. The Balaban J connectivity index is 1.77. The molecule has 0 saturated carbocycles. The summed E-state index contributed by atoms with van der Waals surface area (Å²) >= 11 is 0. The van der Waals surface area contributed by atoms with Crippen LogP contribution < -0.4 is 9.47 Å². The molecule has 1 fully saturated rings. The van der Waals surface area contributed by atoms with Gasteiger partial charge in [-0.1, -0.05) is 30.3 Å². The van der Waals surface area contributed by atoms with Crippen LogP contribution in [-0.2, 0) is 16.0 Å². The number of halogens is 1. The number of ether oxygens (including phenoxy) is 2. The van der Waals surface area contributed by atoms with Crippen LogP contribution in [0.5, 0.6) is 11.5 Å². The Kier molecular flexibility index (Phi) is 6.63. The molecule has 1 atom stereocenters. The van der Waals surface area contributed by atoms with Crippen molar-refractivity contribution in [2.24, 2.45) is 0 Å². The maximum Gasteiger partial charge on any atom is 0.295 e. The third-order valence-corrected chi connectivity index (χ3v) is 5.89. The second-order valence-corrected chi connectivity index (χ2v) is 7.84. The van der Waals surface area contributed by atoms with E-state index in [9.17, 15) is 19.1 Å². The first-order valence-electron chi connectivity index (χ1n) is 10.7. The lowest BCUT2D eigenvalue weighted by Crippen LogP contribution is -2.31. The van der Waals surface area contributed by atoms with Crippen LogP contribution in [-0.4, -0.2) is 42.5 Å². The van der Waals surface area contributed by atoms with Gasteiger partial charge >= 0.3 is 0 Å². The molecule has 1 heterocycles. The molecule has 4 rings (SSSR count). The number of methoxy groups -OCH3 is 2. The molecule has 0 aliphatic carbocycles. The van der Waals surface area contributed by atoms with E-state index < -0.39 is 23.5 Å². The fraction of sp³-hybridized carbons (Fsp3) is 0.185. The van der Waals surface area contributed by atoms with Gasteiger partial charge in [-0.15, -0.1) is 0 Å². The molecular formula is C27H24FNO5. The van der Waals surface area contributed by atoms with Gasteiger partial charge in [0.1, 0.15) is 23.1 Å². The third-order valence-electron chi connectivity index (χ3n) is 5.89. The Morgan fingerprint density at radius 3 is 2.26 bits per heavy atom. The van der Waals surface area contributed by atoms with E-state index in [2.05, 4.69) is 0 Å². The standard InChI is InChI=1S/C27H24FNO5/c1-33-20-13-7-17(8-14-20)15-16-29-24(21-5-3-4-6-22(21)34-2)23(26(31)27(29)32)25(30)18-9-11-19(28)12-10-18/h3-14,24,30H,15-16H2,1-2H3/b25-23-. The number of likely N-dealkylation sites (tertiary alicyclic amines) is 1. The topological polar surface area (TPSA) is 76.1 Å². The number of aliphatic hydroxyl groups excluding tert-OH is 1. The van der Waals surface area contributed by atoms with Crippen LogP contribution in [0.15, 0.2) is 78.4 Å². The first-order chi connectivity index (χ1) is 16.4. The predicted octanol–water partition coefficient (Wildman–Crippen LogP) is 4.51. The number of Topliss-reactive ketones (excluding diaryl/α,β-unsaturated/α-hetero) is 1. The van der Waals surface area contributed by atoms with Gasteiger partial charge in [0.05, 0.1) is 25.8 Å². The molecular weight excluding hydrogens is 437 g/mol. The molecule has 1 N–H and O–H groups in total. The summed E-state index contributed by atoms with van der Waals surface area (Å²) in [6.07, 6.45) is 0.485. The minimum atomic E-state index is -0.862. The van der Waals surface area contributed by atoms with Crippen LogP contribution in [0.3, 0.4) is 0 Å². The van der Waals surface area contributed by atoms with Crippen molar-refractivity contribution in [2.45, 2.75) is 12.5 Å². The molecule has 3 aromatic carbocycles. The summed E-state index contributed by atoms with van der Waals surface area (Å²) in [5.74, 6) is -1.15. The molecule has 1 saturated heterocycles. The molecule has 1 aliphatic rings. The van der Waals surface area contributed by atoms with Crippen molar-refractivity contribution in [3.8, 4) is 11.5 Å². The Hall–Kier alpha value is -4.13. The minimum absolute atomic E-state index is 0.0594. The number of carbonyl (C=O) groups is 2. The molecule has 1 aliphatic heterocycles. The summed E-state index contributed by atoms with van der Waals surface area (Å²) in [6, 6.07) is 18.8. The van der Waals surface area contributed by atoms with Gasteiger partial charge in [-0.2, -0.15) is 0 Å². The highest BCUT2D eigenvalue weighted by Gasteiger charge is 2.46. The molecule has 0 aromatic heterocycles. The van der Waals surface area contributed by atoms with E-state index in [0.717, 1.165) is 11.3 Å². The second-order valence-electron chi connectivity index (χ2n) is 7.84. The number of hydrogen-bond donors (Lipinski definition) is 1. The van der Waals surface area contributed by atoms with Crippen LogP contribution in [0.25, 0.3) is 5.76 Å². The number of rotatable bonds is 7. The van der Waals surface area contributed by atoms with Crippen LogP contribution in [0, 0.1) is 5.82 Å². The summed E-state index contributed by atoms with van der Waals surface area (Å²) in [5, 5.41) is 11.1. The maximum atomic E-state index is 13.4. The van der Waals surface area contributed by atoms with Crippen molar-refractivity contribution < 1.29 is 28.6 Å². The largest absolute Gasteiger partial charge is 0.507 e. The van der Waals surface area contributed by atoms with E-state index in [4.69, 9.17) is 9.47 Å². The Morgan fingerprint density at radius 1 is 0.941 bits per heavy atom. The quantitative estimate of drug-likeness (QED) is 0.318. The Labute approximate surface area is 196 Å². The van der Waals surface area contributed by atoms with Crippen LogP contribution >= 0.6 is 0 Å². The smallest absolute Gasteiger partial charge is 0.295 e. The summed E-state index contributed by atoms with van der Waals surface area (Å²) in [5.41, 5.74) is 1.72. The van der Waals surface area contributed by atoms with E-state index >= 15 is 0 Å². The Bertz CT molecular complexity index is 1230.